The molecular weight excluding hydrogens is 301 g/mol. The maximum absolute atomic E-state index is 12.8. The zero-order valence-corrected chi connectivity index (χ0v) is 13.1. The molecule has 1 heterocycles. The number of thiophene rings is 1. The van der Waals surface area contributed by atoms with Crippen molar-refractivity contribution in [1.82, 2.24) is 5.32 Å². The summed E-state index contributed by atoms with van der Waals surface area (Å²) in [5.74, 6) is -0.0237. The Balaban J connectivity index is 1.50. The van der Waals surface area contributed by atoms with Gasteiger partial charge in [0.15, 0.2) is 0 Å². The number of hydrogen-bond donors (Lipinski definition) is 2. The summed E-state index contributed by atoms with van der Waals surface area (Å²) in [6.45, 7) is 2.21. The number of aliphatic hydroxyl groups excluding tert-OH is 1. The van der Waals surface area contributed by atoms with E-state index in [4.69, 9.17) is 0 Å². The Morgan fingerprint density at radius 1 is 1.36 bits per heavy atom. The van der Waals surface area contributed by atoms with E-state index in [0.717, 1.165) is 6.42 Å². The number of rotatable bonds is 5. The van der Waals surface area contributed by atoms with Crippen LogP contribution in [0, 0.1) is 18.7 Å². The van der Waals surface area contributed by atoms with Gasteiger partial charge in [0, 0.05) is 28.1 Å². The summed E-state index contributed by atoms with van der Waals surface area (Å²) in [7, 11) is 0. The first-order chi connectivity index (χ1) is 10.5. The molecule has 1 aliphatic carbocycles. The van der Waals surface area contributed by atoms with Crippen LogP contribution in [0.3, 0.4) is 0 Å². The van der Waals surface area contributed by atoms with E-state index in [1.165, 1.54) is 34.0 Å². The number of halogens is 1. The minimum atomic E-state index is -0.814. The minimum absolute atomic E-state index is 0.0125. The molecule has 1 saturated carbocycles. The lowest BCUT2D eigenvalue weighted by Gasteiger charge is -2.12. The fraction of sp³-hybridized carbons (Fsp3) is 0.353. The Hall–Kier alpha value is -1.72. The normalized spacial score (nSPS) is 21.4. The quantitative estimate of drug-likeness (QED) is 0.889. The van der Waals surface area contributed by atoms with E-state index in [1.54, 1.807) is 11.3 Å². The Labute approximate surface area is 132 Å². The number of aliphatic hydroxyl groups is 1. The second-order valence-corrected chi connectivity index (χ2v) is 7.03. The number of hydrogen-bond acceptors (Lipinski definition) is 3. The molecule has 0 saturated heterocycles. The van der Waals surface area contributed by atoms with Crippen LogP contribution in [-0.2, 0) is 4.79 Å². The van der Waals surface area contributed by atoms with Crippen molar-refractivity contribution >= 4 is 17.2 Å². The molecule has 0 aliphatic heterocycles. The number of benzene rings is 1. The third kappa shape index (κ3) is 3.36. The van der Waals surface area contributed by atoms with Crippen LogP contribution in [0.5, 0.6) is 0 Å². The molecule has 3 atom stereocenters. The molecule has 3 nitrogen and oxygen atoms in total. The van der Waals surface area contributed by atoms with Gasteiger partial charge in [-0.3, -0.25) is 4.79 Å². The van der Waals surface area contributed by atoms with E-state index in [0.29, 0.717) is 11.5 Å². The highest BCUT2D eigenvalue weighted by Crippen LogP contribution is 2.49. The van der Waals surface area contributed by atoms with Gasteiger partial charge in [0.05, 0.1) is 6.10 Å². The highest BCUT2D eigenvalue weighted by molar-refractivity contribution is 7.12. The Morgan fingerprint density at radius 3 is 2.73 bits per heavy atom. The number of carbonyl (C=O) groups is 1. The SMILES string of the molecule is Cc1ccc(C2CC2C(=O)NCC(O)c2ccc(F)cc2)s1. The largest absolute Gasteiger partial charge is 0.387 e. The number of nitrogens with one attached hydrogen (secondary N) is 1. The van der Waals surface area contributed by atoms with Crippen LogP contribution in [0.1, 0.15) is 33.8 Å². The average molecular weight is 319 g/mol. The average Bonchev–Trinajstić information content (AvgIpc) is 3.20. The second kappa shape index (κ2) is 6.18. The maximum atomic E-state index is 12.8. The highest BCUT2D eigenvalue weighted by Gasteiger charge is 2.44. The van der Waals surface area contributed by atoms with Gasteiger partial charge in [-0.25, -0.2) is 4.39 Å². The molecule has 1 fully saturated rings. The van der Waals surface area contributed by atoms with E-state index in [2.05, 4.69) is 24.4 Å². The molecule has 0 spiro atoms. The lowest BCUT2D eigenvalue weighted by molar-refractivity contribution is -0.122. The van der Waals surface area contributed by atoms with Gasteiger partial charge in [0.25, 0.3) is 0 Å². The molecule has 1 amide bonds. The fourth-order valence-corrected chi connectivity index (χ4v) is 3.64. The summed E-state index contributed by atoms with van der Waals surface area (Å²) in [4.78, 5) is 14.6. The Kier molecular flexibility index (Phi) is 4.27. The summed E-state index contributed by atoms with van der Waals surface area (Å²) in [5.41, 5.74) is 0.600. The van der Waals surface area contributed by atoms with Crippen molar-refractivity contribution in [2.75, 3.05) is 6.54 Å². The zero-order valence-electron chi connectivity index (χ0n) is 12.3. The van der Waals surface area contributed by atoms with Gasteiger partial charge >= 0.3 is 0 Å². The second-order valence-electron chi connectivity index (χ2n) is 5.71. The van der Waals surface area contributed by atoms with Crippen LogP contribution < -0.4 is 5.32 Å². The predicted octanol–water partition coefficient (Wildman–Crippen LogP) is 3.15. The molecule has 2 aromatic rings. The topological polar surface area (TPSA) is 49.3 Å². The van der Waals surface area contributed by atoms with Gasteiger partial charge in [0.1, 0.15) is 5.82 Å². The summed E-state index contributed by atoms with van der Waals surface area (Å²) in [6.07, 6.45) is 0.0593. The van der Waals surface area contributed by atoms with Gasteiger partial charge in [0.2, 0.25) is 5.91 Å². The van der Waals surface area contributed by atoms with Crippen LogP contribution in [-0.4, -0.2) is 17.6 Å². The molecular formula is C17H18FNO2S. The van der Waals surface area contributed by atoms with Crippen LogP contribution in [0.2, 0.25) is 0 Å². The molecule has 5 heteroatoms. The van der Waals surface area contributed by atoms with Crippen LogP contribution in [0.4, 0.5) is 4.39 Å². The first-order valence-corrected chi connectivity index (χ1v) is 8.14. The van der Waals surface area contributed by atoms with Crippen molar-refractivity contribution in [3.8, 4) is 0 Å². The summed E-state index contributed by atoms with van der Waals surface area (Å²) >= 11 is 1.74. The first-order valence-electron chi connectivity index (χ1n) is 7.32. The molecule has 3 unspecified atom stereocenters. The third-order valence-corrected chi connectivity index (χ3v) is 5.11. The van der Waals surface area contributed by atoms with Gasteiger partial charge in [-0.1, -0.05) is 12.1 Å². The van der Waals surface area contributed by atoms with Gasteiger partial charge in [-0.15, -0.1) is 11.3 Å². The van der Waals surface area contributed by atoms with Crippen LogP contribution in [0.25, 0.3) is 0 Å². The van der Waals surface area contributed by atoms with Crippen LogP contribution in [0.15, 0.2) is 36.4 Å². The van der Waals surface area contributed by atoms with Crippen molar-refractivity contribution in [3.05, 3.63) is 57.5 Å². The monoisotopic (exact) mass is 319 g/mol. The lowest BCUT2D eigenvalue weighted by Crippen LogP contribution is -2.29. The van der Waals surface area contributed by atoms with Gasteiger partial charge < -0.3 is 10.4 Å². The lowest BCUT2D eigenvalue weighted by atomic mass is 10.1. The molecule has 1 aromatic carbocycles. The molecule has 1 aliphatic rings. The molecule has 116 valence electrons. The zero-order chi connectivity index (χ0) is 15.7. The molecule has 22 heavy (non-hydrogen) atoms. The smallest absolute Gasteiger partial charge is 0.223 e. The summed E-state index contributed by atoms with van der Waals surface area (Å²) < 4.78 is 12.8. The first kappa shape index (κ1) is 15.2. The highest BCUT2D eigenvalue weighted by atomic mass is 32.1. The van der Waals surface area contributed by atoms with E-state index >= 15 is 0 Å². The van der Waals surface area contributed by atoms with E-state index in [-0.39, 0.29) is 24.2 Å². The molecule has 3 rings (SSSR count). The van der Waals surface area contributed by atoms with Crippen molar-refractivity contribution in [1.29, 1.82) is 0 Å². The molecule has 1 aromatic heterocycles. The minimum Gasteiger partial charge on any atom is -0.387 e. The molecule has 2 N–H and O–H groups in total. The van der Waals surface area contributed by atoms with E-state index in [1.807, 2.05) is 0 Å². The van der Waals surface area contributed by atoms with Gasteiger partial charge in [-0.05, 0) is 43.2 Å². The van der Waals surface area contributed by atoms with E-state index in [9.17, 15) is 14.3 Å². The third-order valence-electron chi connectivity index (χ3n) is 3.98. The number of carbonyl (C=O) groups excluding carboxylic acids is 1. The molecule has 0 radical (unpaired) electrons. The van der Waals surface area contributed by atoms with Crippen molar-refractivity contribution in [2.24, 2.45) is 5.92 Å². The summed E-state index contributed by atoms with van der Waals surface area (Å²) in [6, 6.07) is 9.82. The fourth-order valence-electron chi connectivity index (χ4n) is 2.58. The predicted molar refractivity (Wildman–Crippen MR) is 84.3 cm³/mol. The number of amides is 1. The number of aryl methyl sites for hydroxylation is 1. The van der Waals surface area contributed by atoms with E-state index < -0.39 is 6.10 Å². The Morgan fingerprint density at radius 2 is 2.09 bits per heavy atom. The van der Waals surface area contributed by atoms with Crippen molar-refractivity contribution in [2.45, 2.75) is 25.4 Å². The molecule has 0 bridgehead atoms. The maximum Gasteiger partial charge on any atom is 0.223 e. The van der Waals surface area contributed by atoms with Crippen LogP contribution >= 0.6 is 11.3 Å². The van der Waals surface area contributed by atoms with Crippen molar-refractivity contribution < 1.29 is 14.3 Å². The summed E-state index contributed by atoms with van der Waals surface area (Å²) in [5, 5.41) is 12.8. The van der Waals surface area contributed by atoms with Crippen molar-refractivity contribution in [3.63, 3.8) is 0 Å². The Bertz CT molecular complexity index is 668. The van der Waals surface area contributed by atoms with Gasteiger partial charge in [-0.2, -0.15) is 0 Å². The standard InChI is InChI=1S/C17H18FNO2S/c1-10-2-7-16(22-10)13-8-14(13)17(21)19-9-15(20)11-3-5-12(18)6-4-11/h2-7,13-15,20H,8-9H2,1H3,(H,19,21).